The van der Waals surface area contributed by atoms with Crippen molar-refractivity contribution in [3.05, 3.63) is 70.2 Å². The first-order chi connectivity index (χ1) is 11.4. The normalized spacial score (nSPS) is 12.5. The molecule has 0 radical (unpaired) electrons. The quantitative estimate of drug-likeness (QED) is 0.629. The number of carbonyl (C=O) groups is 1. The van der Waals surface area contributed by atoms with Crippen molar-refractivity contribution < 1.29 is 4.79 Å². The topological polar surface area (TPSA) is 20.3 Å². The average molecular weight is 388 g/mol. The van der Waals surface area contributed by atoms with Gasteiger partial charge in [-0.1, -0.05) is 58.4 Å². The molecule has 0 saturated heterocycles. The van der Waals surface area contributed by atoms with Crippen LogP contribution in [0.3, 0.4) is 0 Å². The number of rotatable bonds is 6. The first-order valence-electron chi connectivity index (χ1n) is 8.51. The highest BCUT2D eigenvalue weighted by Gasteiger charge is 2.25. The zero-order valence-electron chi connectivity index (χ0n) is 14.9. The second-order valence-electron chi connectivity index (χ2n) is 6.71. The molecule has 1 atom stereocenters. The van der Waals surface area contributed by atoms with E-state index in [1.807, 2.05) is 35.2 Å². The third-order valence-electron chi connectivity index (χ3n) is 4.23. The summed E-state index contributed by atoms with van der Waals surface area (Å²) in [7, 11) is 0. The van der Waals surface area contributed by atoms with E-state index in [0.29, 0.717) is 6.42 Å². The van der Waals surface area contributed by atoms with E-state index in [1.165, 1.54) is 5.56 Å². The number of benzene rings is 2. The van der Waals surface area contributed by atoms with Crippen LogP contribution in [-0.2, 0) is 4.79 Å². The van der Waals surface area contributed by atoms with E-state index in [4.69, 9.17) is 0 Å². The van der Waals surface area contributed by atoms with Crippen molar-refractivity contribution in [3.63, 3.8) is 0 Å². The van der Waals surface area contributed by atoms with Crippen molar-refractivity contribution in [3.8, 4) is 0 Å². The maximum absolute atomic E-state index is 13.0. The summed E-state index contributed by atoms with van der Waals surface area (Å²) >= 11 is 3.55. The van der Waals surface area contributed by atoms with E-state index in [0.717, 1.165) is 10.0 Å². The van der Waals surface area contributed by atoms with Crippen LogP contribution >= 0.6 is 15.9 Å². The highest BCUT2D eigenvalue weighted by Crippen LogP contribution is 2.31. The van der Waals surface area contributed by atoms with Crippen molar-refractivity contribution in [2.45, 2.75) is 52.1 Å². The fraction of sp³-hybridized carbons (Fsp3) is 0.381. The predicted octanol–water partition coefficient (Wildman–Crippen LogP) is 5.62. The SMILES string of the molecule is CC(C)N(C(=O)CC(c1ccccc1)c1cccc(Br)c1)C(C)C. The van der Waals surface area contributed by atoms with E-state index in [1.54, 1.807) is 0 Å². The summed E-state index contributed by atoms with van der Waals surface area (Å²) in [6, 6.07) is 19.0. The number of hydrogen-bond acceptors (Lipinski definition) is 1. The smallest absolute Gasteiger partial charge is 0.223 e. The van der Waals surface area contributed by atoms with Crippen LogP contribution in [0.25, 0.3) is 0 Å². The molecule has 0 aliphatic rings. The van der Waals surface area contributed by atoms with Gasteiger partial charge in [-0.2, -0.15) is 0 Å². The first-order valence-corrected chi connectivity index (χ1v) is 9.31. The van der Waals surface area contributed by atoms with E-state index < -0.39 is 0 Å². The van der Waals surface area contributed by atoms with Gasteiger partial charge in [-0.15, -0.1) is 0 Å². The Kier molecular flexibility index (Phi) is 6.61. The van der Waals surface area contributed by atoms with Crippen LogP contribution in [0.5, 0.6) is 0 Å². The Hall–Kier alpha value is -1.61. The molecule has 0 N–H and O–H groups in total. The monoisotopic (exact) mass is 387 g/mol. The lowest BCUT2D eigenvalue weighted by atomic mass is 9.88. The summed E-state index contributed by atoms with van der Waals surface area (Å²) < 4.78 is 1.04. The molecule has 0 spiro atoms. The predicted molar refractivity (Wildman–Crippen MR) is 104 cm³/mol. The summed E-state index contributed by atoms with van der Waals surface area (Å²) in [6.45, 7) is 8.31. The Bertz CT molecular complexity index is 659. The molecule has 128 valence electrons. The van der Waals surface area contributed by atoms with Crippen molar-refractivity contribution in [1.29, 1.82) is 0 Å². The molecule has 0 heterocycles. The van der Waals surface area contributed by atoms with Crippen molar-refractivity contribution in [1.82, 2.24) is 4.90 Å². The summed E-state index contributed by atoms with van der Waals surface area (Å²) in [4.78, 5) is 15.0. The van der Waals surface area contributed by atoms with E-state index >= 15 is 0 Å². The number of halogens is 1. The van der Waals surface area contributed by atoms with E-state index in [2.05, 4.69) is 67.9 Å². The average Bonchev–Trinajstić information content (AvgIpc) is 2.52. The fourth-order valence-corrected chi connectivity index (χ4v) is 3.71. The number of amides is 1. The van der Waals surface area contributed by atoms with Gasteiger partial charge in [0, 0.05) is 28.9 Å². The third kappa shape index (κ3) is 4.70. The third-order valence-corrected chi connectivity index (χ3v) is 4.73. The van der Waals surface area contributed by atoms with Gasteiger partial charge in [0.05, 0.1) is 0 Å². The molecule has 0 fully saturated rings. The van der Waals surface area contributed by atoms with Gasteiger partial charge in [0.15, 0.2) is 0 Å². The molecule has 24 heavy (non-hydrogen) atoms. The highest BCUT2D eigenvalue weighted by atomic mass is 79.9. The summed E-state index contributed by atoms with van der Waals surface area (Å²) in [5.74, 6) is 0.269. The van der Waals surface area contributed by atoms with Crippen molar-refractivity contribution >= 4 is 21.8 Å². The Morgan fingerprint density at radius 1 is 0.917 bits per heavy atom. The number of nitrogens with zero attached hydrogens (tertiary/aromatic N) is 1. The van der Waals surface area contributed by atoms with Crippen molar-refractivity contribution in [2.24, 2.45) is 0 Å². The van der Waals surface area contributed by atoms with Crippen LogP contribution in [0.1, 0.15) is 51.2 Å². The molecular formula is C21H26BrNO. The lowest BCUT2D eigenvalue weighted by Crippen LogP contribution is -2.42. The summed E-state index contributed by atoms with van der Waals surface area (Å²) in [5.41, 5.74) is 2.34. The number of carbonyl (C=O) groups excluding carboxylic acids is 1. The molecule has 0 bridgehead atoms. The molecule has 2 aromatic rings. The molecule has 2 rings (SSSR count). The largest absolute Gasteiger partial charge is 0.338 e. The number of hydrogen-bond donors (Lipinski definition) is 0. The minimum absolute atomic E-state index is 0.0659. The molecule has 0 aliphatic heterocycles. The van der Waals surface area contributed by atoms with Crippen LogP contribution < -0.4 is 0 Å². The Morgan fingerprint density at radius 3 is 2.04 bits per heavy atom. The van der Waals surface area contributed by atoms with Gasteiger partial charge in [0.25, 0.3) is 0 Å². The van der Waals surface area contributed by atoms with Gasteiger partial charge >= 0.3 is 0 Å². The lowest BCUT2D eigenvalue weighted by molar-refractivity contribution is -0.135. The van der Waals surface area contributed by atoms with Crippen LogP contribution in [-0.4, -0.2) is 22.9 Å². The van der Waals surface area contributed by atoms with Crippen LogP contribution in [0.4, 0.5) is 0 Å². The van der Waals surface area contributed by atoms with Gasteiger partial charge in [-0.25, -0.2) is 0 Å². The Labute approximate surface area is 154 Å². The standard InChI is InChI=1S/C21H26BrNO/c1-15(2)23(16(3)4)21(24)14-20(17-9-6-5-7-10-17)18-11-8-12-19(22)13-18/h5-13,15-16,20H,14H2,1-4H3. The molecule has 1 amide bonds. The molecule has 3 heteroatoms. The second kappa shape index (κ2) is 8.48. The molecule has 0 aromatic heterocycles. The van der Waals surface area contributed by atoms with Gasteiger partial charge in [0.2, 0.25) is 5.91 Å². The van der Waals surface area contributed by atoms with Gasteiger partial charge in [-0.3, -0.25) is 4.79 Å². The zero-order chi connectivity index (χ0) is 17.7. The maximum atomic E-state index is 13.0. The molecule has 0 saturated carbocycles. The maximum Gasteiger partial charge on any atom is 0.223 e. The van der Waals surface area contributed by atoms with E-state index in [-0.39, 0.29) is 23.9 Å². The fourth-order valence-electron chi connectivity index (χ4n) is 3.29. The molecular weight excluding hydrogens is 362 g/mol. The van der Waals surface area contributed by atoms with Crippen molar-refractivity contribution in [2.75, 3.05) is 0 Å². The molecule has 1 unspecified atom stereocenters. The Balaban J connectivity index is 2.35. The van der Waals surface area contributed by atoms with E-state index in [9.17, 15) is 4.79 Å². The highest BCUT2D eigenvalue weighted by molar-refractivity contribution is 9.10. The zero-order valence-corrected chi connectivity index (χ0v) is 16.5. The van der Waals surface area contributed by atoms with Gasteiger partial charge < -0.3 is 4.90 Å². The molecule has 2 aromatic carbocycles. The molecule has 0 aliphatic carbocycles. The van der Waals surface area contributed by atoms with Crippen LogP contribution in [0.2, 0.25) is 0 Å². The Morgan fingerprint density at radius 2 is 1.50 bits per heavy atom. The van der Waals surface area contributed by atoms with Gasteiger partial charge in [-0.05, 0) is 51.0 Å². The second-order valence-corrected chi connectivity index (χ2v) is 7.63. The van der Waals surface area contributed by atoms with Crippen LogP contribution in [0.15, 0.2) is 59.1 Å². The first kappa shape index (κ1) is 18.7. The van der Waals surface area contributed by atoms with Gasteiger partial charge in [0.1, 0.15) is 0 Å². The molecule has 2 nitrogen and oxygen atoms in total. The summed E-state index contributed by atoms with van der Waals surface area (Å²) in [6.07, 6.45) is 0.483. The van der Waals surface area contributed by atoms with Crippen LogP contribution in [0, 0.1) is 0 Å². The minimum Gasteiger partial charge on any atom is -0.338 e. The summed E-state index contributed by atoms with van der Waals surface area (Å²) in [5, 5.41) is 0. The minimum atomic E-state index is 0.0659. The lowest BCUT2D eigenvalue weighted by Gasteiger charge is -2.32.